The quantitative estimate of drug-likeness (QED) is 0.792. The third kappa shape index (κ3) is 4.55. The molecule has 1 heterocycles. The molecule has 7 heteroatoms. The summed E-state index contributed by atoms with van der Waals surface area (Å²) in [5.74, 6) is -0.348. The van der Waals surface area contributed by atoms with E-state index in [1.54, 1.807) is 42.5 Å². The highest BCUT2D eigenvalue weighted by Crippen LogP contribution is 2.16. The Labute approximate surface area is 141 Å². The van der Waals surface area contributed by atoms with Crippen LogP contribution in [0.3, 0.4) is 0 Å². The molecule has 1 atom stereocenters. The van der Waals surface area contributed by atoms with Crippen LogP contribution in [-0.4, -0.2) is 47.5 Å². The van der Waals surface area contributed by atoms with Gasteiger partial charge in [0, 0.05) is 32.0 Å². The van der Waals surface area contributed by atoms with E-state index < -0.39 is 0 Å². The lowest BCUT2D eigenvalue weighted by atomic mass is 10.2. The lowest BCUT2D eigenvalue weighted by molar-refractivity contribution is 0.125. The summed E-state index contributed by atoms with van der Waals surface area (Å²) < 4.78 is 20.5. The molecular formula is C17H23FN4O2. The van der Waals surface area contributed by atoms with Gasteiger partial charge in [0.2, 0.25) is 0 Å². The van der Waals surface area contributed by atoms with Crippen molar-refractivity contribution < 1.29 is 13.9 Å². The van der Waals surface area contributed by atoms with Gasteiger partial charge in [0.05, 0.1) is 18.8 Å². The SMILES string of the molecule is CCOCCN(C)C(=O)N[C@@H](C)c1cnn(-c2ccccc2F)c1. The molecule has 0 saturated heterocycles. The minimum atomic E-state index is -0.348. The highest BCUT2D eigenvalue weighted by atomic mass is 19.1. The second-order valence-electron chi connectivity index (χ2n) is 5.46. The molecule has 1 N–H and O–H groups in total. The molecule has 0 spiro atoms. The first kappa shape index (κ1) is 17.9. The van der Waals surface area contributed by atoms with Crippen LogP contribution in [0.25, 0.3) is 5.69 Å². The molecule has 24 heavy (non-hydrogen) atoms. The summed E-state index contributed by atoms with van der Waals surface area (Å²) in [6, 6.07) is 5.97. The maximum Gasteiger partial charge on any atom is 0.317 e. The van der Waals surface area contributed by atoms with Gasteiger partial charge in [0.15, 0.2) is 0 Å². The van der Waals surface area contributed by atoms with Gasteiger partial charge in [-0.3, -0.25) is 0 Å². The van der Waals surface area contributed by atoms with E-state index in [1.807, 2.05) is 13.8 Å². The van der Waals surface area contributed by atoms with Crippen LogP contribution >= 0.6 is 0 Å². The first-order valence-corrected chi connectivity index (χ1v) is 7.91. The predicted octanol–water partition coefficient (Wildman–Crippen LogP) is 2.75. The van der Waals surface area contributed by atoms with Crippen LogP contribution in [-0.2, 0) is 4.74 Å². The van der Waals surface area contributed by atoms with Gasteiger partial charge in [-0.2, -0.15) is 5.10 Å². The highest BCUT2D eigenvalue weighted by Gasteiger charge is 2.15. The molecule has 0 aliphatic heterocycles. The number of nitrogens with one attached hydrogen (secondary N) is 1. The van der Waals surface area contributed by atoms with Crippen molar-refractivity contribution in [3.8, 4) is 5.69 Å². The predicted molar refractivity (Wildman–Crippen MR) is 89.6 cm³/mol. The molecule has 2 aromatic rings. The van der Waals surface area contributed by atoms with Crippen LogP contribution in [0.1, 0.15) is 25.5 Å². The Hall–Kier alpha value is -2.41. The van der Waals surface area contributed by atoms with Gasteiger partial charge in [-0.25, -0.2) is 13.9 Å². The van der Waals surface area contributed by atoms with E-state index in [0.29, 0.717) is 25.4 Å². The second-order valence-corrected chi connectivity index (χ2v) is 5.46. The van der Waals surface area contributed by atoms with Crippen LogP contribution in [0.5, 0.6) is 0 Å². The number of benzene rings is 1. The summed E-state index contributed by atoms with van der Waals surface area (Å²) in [6.07, 6.45) is 3.33. The number of carbonyl (C=O) groups excluding carboxylic acids is 1. The van der Waals surface area contributed by atoms with Crippen molar-refractivity contribution in [2.45, 2.75) is 19.9 Å². The van der Waals surface area contributed by atoms with E-state index in [1.165, 1.54) is 10.7 Å². The number of rotatable bonds is 7. The van der Waals surface area contributed by atoms with Crippen molar-refractivity contribution in [2.75, 3.05) is 26.8 Å². The molecule has 6 nitrogen and oxygen atoms in total. The molecule has 0 aliphatic rings. The largest absolute Gasteiger partial charge is 0.380 e. The van der Waals surface area contributed by atoms with Gasteiger partial charge in [-0.05, 0) is 26.0 Å². The van der Waals surface area contributed by atoms with E-state index in [9.17, 15) is 9.18 Å². The first-order valence-electron chi connectivity index (χ1n) is 7.91. The highest BCUT2D eigenvalue weighted by molar-refractivity contribution is 5.74. The smallest absolute Gasteiger partial charge is 0.317 e. The lowest BCUT2D eigenvalue weighted by Crippen LogP contribution is -2.40. The van der Waals surface area contributed by atoms with Gasteiger partial charge in [-0.15, -0.1) is 0 Å². The normalized spacial score (nSPS) is 12.0. The maximum atomic E-state index is 13.8. The van der Waals surface area contributed by atoms with E-state index >= 15 is 0 Å². The second kappa shape index (κ2) is 8.44. The van der Waals surface area contributed by atoms with Gasteiger partial charge in [0.1, 0.15) is 11.5 Å². The van der Waals surface area contributed by atoms with Gasteiger partial charge in [0.25, 0.3) is 0 Å². The molecule has 0 aliphatic carbocycles. The molecule has 2 amide bonds. The summed E-state index contributed by atoms with van der Waals surface area (Å²) >= 11 is 0. The fraction of sp³-hybridized carbons (Fsp3) is 0.412. The minimum Gasteiger partial charge on any atom is -0.380 e. The summed E-state index contributed by atoms with van der Waals surface area (Å²) in [7, 11) is 1.71. The van der Waals surface area contributed by atoms with Gasteiger partial charge >= 0.3 is 6.03 Å². The van der Waals surface area contributed by atoms with Crippen LogP contribution in [0, 0.1) is 5.82 Å². The zero-order chi connectivity index (χ0) is 17.5. The number of urea groups is 1. The van der Waals surface area contributed by atoms with E-state index in [-0.39, 0.29) is 17.9 Å². The standard InChI is InChI=1S/C17H23FN4O2/c1-4-24-10-9-21(3)17(23)20-13(2)14-11-19-22(12-14)16-8-6-5-7-15(16)18/h5-8,11-13H,4,9-10H2,1-3H3,(H,20,23)/t13-/m0/s1. The number of nitrogens with zero attached hydrogens (tertiary/aromatic N) is 3. The van der Waals surface area contributed by atoms with Crippen LogP contribution in [0.15, 0.2) is 36.7 Å². The van der Waals surface area contributed by atoms with Crippen molar-refractivity contribution >= 4 is 6.03 Å². The number of amides is 2. The third-order valence-electron chi connectivity index (χ3n) is 3.66. The maximum absolute atomic E-state index is 13.8. The Morgan fingerprint density at radius 2 is 2.21 bits per heavy atom. The molecule has 0 bridgehead atoms. The van der Waals surface area contributed by atoms with E-state index in [0.717, 1.165) is 5.56 Å². The Bertz CT molecular complexity index is 674. The van der Waals surface area contributed by atoms with Crippen LogP contribution in [0.2, 0.25) is 0 Å². The van der Waals surface area contributed by atoms with Crippen molar-refractivity contribution in [1.82, 2.24) is 20.0 Å². The average Bonchev–Trinajstić information content (AvgIpc) is 3.05. The zero-order valence-corrected chi connectivity index (χ0v) is 14.2. The molecular weight excluding hydrogens is 311 g/mol. The molecule has 1 aromatic carbocycles. The topological polar surface area (TPSA) is 59.4 Å². The number of hydrogen-bond donors (Lipinski definition) is 1. The first-order chi connectivity index (χ1) is 11.5. The van der Waals surface area contributed by atoms with Crippen molar-refractivity contribution in [2.24, 2.45) is 0 Å². The van der Waals surface area contributed by atoms with Crippen LogP contribution < -0.4 is 5.32 Å². The molecule has 2 rings (SSSR count). The number of halogens is 1. The molecule has 0 unspecified atom stereocenters. The number of aromatic nitrogens is 2. The monoisotopic (exact) mass is 334 g/mol. The average molecular weight is 334 g/mol. The summed E-state index contributed by atoms with van der Waals surface area (Å²) in [6.45, 7) is 5.41. The molecule has 0 fully saturated rings. The number of carbonyl (C=O) groups is 1. The van der Waals surface area contributed by atoms with Crippen molar-refractivity contribution in [1.29, 1.82) is 0 Å². The number of likely N-dealkylation sites (N-methyl/N-ethyl adjacent to an activating group) is 1. The Morgan fingerprint density at radius 1 is 1.46 bits per heavy atom. The molecule has 0 radical (unpaired) electrons. The molecule has 1 aromatic heterocycles. The fourth-order valence-electron chi connectivity index (χ4n) is 2.16. The number of ether oxygens (including phenoxy) is 1. The Kier molecular flexibility index (Phi) is 6.31. The fourth-order valence-corrected chi connectivity index (χ4v) is 2.16. The number of hydrogen-bond acceptors (Lipinski definition) is 3. The lowest BCUT2D eigenvalue weighted by Gasteiger charge is -2.20. The van der Waals surface area contributed by atoms with Gasteiger partial charge < -0.3 is 15.0 Å². The molecule has 130 valence electrons. The molecule has 0 saturated carbocycles. The van der Waals surface area contributed by atoms with Crippen LogP contribution in [0.4, 0.5) is 9.18 Å². The van der Waals surface area contributed by atoms with E-state index in [2.05, 4.69) is 10.4 Å². The zero-order valence-electron chi connectivity index (χ0n) is 14.2. The summed E-state index contributed by atoms with van der Waals surface area (Å²) in [4.78, 5) is 13.7. The minimum absolute atomic E-state index is 0.194. The summed E-state index contributed by atoms with van der Waals surface area (Å²) in [5.41, 5.74) is 1.17. The third-order valence-corrected chi connectivity index (χ3v) is 3.66. The van der Waals surface area contributed by atoms with Crippen molar-refractivity contribution in [3.63, 3.8) is 0 Å². The Morgan fingerprint density at radius 3 is 2.92 bits per heavy atom. The van der Waals surface area contributed by atoms with Crippen molar-refractivity contribution in [3.05, 3.63) is 48.0 Å². The number of para-hydroxylation sites is 1. The van der Waals surface area contributed by atoms with Gasteiger partial charge in [-0.1, -0.05) is 12.1 Å². The summed E-state index contributed by atoms with van der Waals surface area (Å²) in [5, 5.41) is 7.06. The van der Waals surface area contributed by atoms with E-state index in [4.69, 9.17) is 4.74 Å². The Balaban J connectivity index is 1.97.